The summed E-state index contributed by atoms with van der Waals surface area (Å²) in [5, 5.41) is 12.0. The molecule has 0 aliphatic heterocycles. The van der Waals surface area contributed by atoms with Crippen molar-refractivity contribution in [3.05, 3.63) is 47.1 Å². The first-order valence-electron chi connectivity index (χ1n) is 9.32. The lowest BCUT2D eigenvalue weighted by Crippen LogP contribution is -2.16. The van der Waals surface area contributed by atoms with Crippen molar-refractivity contribution in [2.45, 2.75) is 25.4 Å². The zero-order chi connectivity index (χ0) is 21.5. The molecule has 1 amide bonds. The minimum Gasteiger partial charge on any atom is -0.497 e. The van der Waals surface area contributed by atoms with E-state index < -0.39 is 5.97 Å². The lowest BCUT2D eigenvalue weighted by atomic mass is 10.2. The Balaban J connectivity index is 1.68. The van der Waals surface area contributed by atoms with E-state index in [0.717, 1.165) is 17.0 Å². The summed E-state index contributed by atoms with van der Waals surface area (Å²) in [5.74, 6) is 0.153. The topological polar surface area (TPSA) is 95.3 Å². The molecule has 8 nitrogen and oxygen atoms in total. The quantitative estimate of drug-likeness (QED) is 0.394. The molecular formula is C20H22N4O4S2. The molecule has 2 heterocycles. The molecule has 3 aromatic rings. The van der Waals surface area contributed by atoms with Gasteiger partial charge >= 0.3 is 5.97 Å². The molecule has 0 fully saturated rings. The molecule has 2 aromatic heterocycles. The Morgan fingerprint density at radius 1 is 1.27 bits per heavy atom. The Kier molecular flexibility index (Phi) is 7.47. The summed E-state index contributed by atoms with van der Waals surface area (Å²) in [4.78, 5) is 25.7. The van der Waals surface area contributed by atoms with Gasteiger partial charge in [0, 0.05) is 10.9 Å². The van der Waals surface area contributed by atoms with Gasteiger partial charge < -0.3 is 14.8 Å². The lowest BCUT2D eigenvalue weighted by molar-refractivity contribution is -0.113. The van der Waals surface area contributed by atoms with Crippen molar-refractivity contribution in [3.8, 4) is 11.4 Å². The standard InChI is InChI=1S/C20H22N4O4S2/c1-4-15-10-16(19(26)28-5-2)18(30-15)22-17(25)11-29-20-23-21-12-24(20)13-7-6-8-14(9-13)27-3/h6-10,12H,4-5,11H2,1-3H3,(H,22,25). The van der Waals surface area contributed by atoms with E-state index in [4.69, 9.17) is 9.47 Å². The van der Waals surface area contributed by atoms with Crippen molar-refractivity contribution in [2.24, 2.45) is 0 Å². The maximum atomic E-state index is 12.5. The molecule has 0 radical (unpaired) electrons. The van der Waals surface area contributed by atoms with Crippen LogP contribution in [0.2, 0.25) is 0 Å². The number of nitrogens with one attached hydrogen (secondary N) is 1. The molecule has 3 rings (SSSR count). The number of hydrogen-bond donors (Lipinski definition) is 1. The van der Waals surface area contributed by atoms with Crippen LogP contribution in [0.25, 0.3) is 5.69 Å². The number of carbonyl (C=O) groups excluding carboxylic acids is 2. The number of ether oxygens (including phenoxy) is 2. The summed E-state index contributed by atoms with van der Waals surface area (Å²) in [6.07, 6.45) is 2.35. The number of hydrogen-bond acceptors (Lipinski definition) is 8. The zero-order valence-electron chi connectivity index (χ0n) is 16.9. The van der Waals surface area contributed by atoms with Gasteiger partial charge in [-0.15, -0.1) is 21.5 Å². The molecule has 1 aromatic carbocycles. The number of thiophene rings is 1. The van der Waals surface area contributed by atoms with E-state index in [2.05, 4.69) is 15.5 Å². The van der Waals surface area contributed by atoms with E-state index >= 15 is 0 Å². The Hall–Kier alpha value is -2.85. The molecule has 0 saturated heterocycles. The summed E-state index contributed by atoms with van der Waals surface area (Å²) in [5.41, 5.74) is 1.22. The van der Waals surface area contributed by atoms with Crippen LogP contribution in [0.5, 0.6) is 5.75 Å². The SMILES string of the molecule is CCOC(=O)c1cc(CC)sc1NC(=O)CSc1nncn1-c1cccc(OC)c1. The number of aryl methyl sites for hydroxylation is 1. The maximum Gasteiger partial charge on any atom is 0.341 e. The van der Waals surface area contributed by atoms with Gasteiger partial charge in [0.2, 0.25) is 5.91 Å². The molecule has 30 heavy (non-hydrogen) atoms. The van der Waals surface area contributed by atoms with Gasteiger partial charge in [-0.05, 0) is 31.5 Å². The average molecular weight is 447 g/mol. The Labute approximate surface area is 182 Å². The predicted molar refractivity (Wildman–Crippen MR) is 117 cm³/mol. The maximum absolute atomic E-state index is 12.5. The van der Waals surface area contributed by atoms with Gasteiger partial charge in [-0.2, -0.15) is 0 Å². The third kappa shape index (κ3) is 5.19. The van der Waals surface area contributed by atoms with Crippen molar-refractivity contribution < 1.29 is 19.1 Å². The van der Waals surface area contributed by atoms with E-state index in [-0.39, 0.29) is 18.3 Å². The van der Waals surface area contributed by atoms with E-state index in [1.54, 1.807) is 31.0 Å². The first-order chi connectivity index (χ1) is 14.5. The van der Waals surface area contributed by atoms with E-state index in [1.807, 2.05) is 31.2 Å². The number of thioether (sulfide) groups is 1. The number of methoxy groups -OCH3 is 1. The number of rotatable bonds is 9. The number of esters is 1. The molecule has 0 spiro atoms. The molecule has 10 heteroatoms. The van der Waals surface area contributed by atoms with Crippen LogP contribution in [0.15, 0.2) is 41.8 Å². The average Bonchev–Trinajstić information content (AvgIpc) is 3.39. The van der Waals surface area contributed by atoms with Crippen molar-refractivity contribution in [3.63, 3.8) is 0 Å². The molecule has 0 bridgehead atoms. The summed E-state index contributed by atoms with van der Waals surface area (Å²) in [6.45, 7) is 4.02. The van der Waals surface area contributed by atoms with Gasteiger partial charge in [-0.1, -0.05) is 24.8 Å². The molecule has 1 N–H and O–H groups in total. The first kappa shape index (κ1) is 21.8. The van der Waals surface area contributed by atoms with E-state index in [0.29, 0.717) is 21.5 Å². The third-order valence-electron chi connectivity index (χ3n) is 4.06. The predicted octanol–water partition coefficient (Wildman–Crippen LogP) is 3.81. The molecule has 0 aliphatic carbocycles. The van der Waals surface area contributed by atoms with E-state index in [1.165, 1.54) is 23.1 Å². The Morgan fingerprint density at radius 2 is 2.10 bits per heavy atom. The van der Waals surface area contributed by atoms with Gasteiger partial charge in [-0.25, -0.2) is 4.79 Å². The van der Waals surface area contributed by atoms with Gasteiger partial charge in [0.15, 0.2) is 5.16 Å². The summed E-state index contributed by atoms with van der Waals surface area (Å²) >= 11 is 2.63. The number of nitrogens with zero attached hydrogens (tertiary/aromatic N) is 3. The van der Waals surface area contributed by atoms with Crippen LogP contribution < -0.4 is 10.1 Å². The van der Waals surface area contributed by atoms with Crippen molar-refractivity contribution in [1.82, 2.24) is 14.8 Å². The third-order valence-corrected chi connectivity index (χ3v) is 6.20. The highest BCUT2D eigenvalue weighted by molar-refractivity contribution is 7.99. The fourth-order valence-electron chi connectivity index (χ4n) is 2.62. The second-order valence-corrected chi connectivity index (χ2v) is 8.13. The highest BCUT2D eigenvalue weighted by atomic mass is 32.2. The molecule has 0 aliphatic rings. The Morgan fingerprint density at radius 3 is 2.83 bits per heavy atom. The van der Waals surface area contributed by atoms with Crippen molar-refractivity contribution in [2.75, 3.05) is 24.8 Å². The van der Waals surface area contributed by atoms with Crippen molar-refractivity contribution in [1.29, 1.82) is 0 Å². The molecule has 0 saturated carbocycles. The van der Waals surface area contributed by atoms with Crippen LogP contribution in [0, 0.1) is 0 Å². The van der Waals surface area contributed by atoms with Gasteiger partial charge in [0.25, 0.3) is 0 Å². The van der Waals surface area contributed by atoms with Gasteiger partial charge in [0.05, 0.1) is 30.7 Å². The minimum atomic E-state index is -0.436. The van der Waals surface area contributed by atoms with Gasteiger partial charge in [0.1, 0.15) is 17.1 Å². The zero-order valence-corrected chi connectivity index (χ0v) is 18.5. The molecule has 0 atom stereocenters. The second-order valence-electron chi connectivity index (χ2n) is 6.05. The fraction of sp³-hybridized carbons (Fsp3) is 0.300. The normalized spacial score (nSPS) is 10.6. The van der Waals surface area contributed by atoms with Crippen LogP contribution in [-0.4, -0.2) is 46.1 Å². The highest BCUT2D eigenvalue weighted by Gasteiger charge is 2.19. The molecule has 158 valence electrons. The number of aromatic nitrogens is 3. The van der Waals surface area contributed by atoms with E-state index in [9.17, 15) is 9.59 Å². The summed E-state index contributed by atoms with van der Waals surface area (Å²) in [6, 6.07) is 9.25. The van der Waals surface area contributed by atoms with Crippen LogP contribution in [0.3, 0.4) is 0 Å². The smallest absolute Gasteiger partial charge is 0.341 e. The van der Waals surface area contributed by atoms with Crippen LogP contribution in [0.1, 0.15) is 29.1 Å². The highest BCUT2D eigenvalue weighted by Crippen LogP contribution is 2.30. The molecular weight excluding hydrogens is 424 g/mol. The molecule has 0 unspecified atom stereocenters. The van der Waals surface area contributed by atoms with Gasteiger partial charge in [-0.3, -0.25) is 9.36 Å². The van der Waals surface area contributed by atoms with Crippen LogP contribution in [0.4, 0.5) is 5.00 Å². The monoisotopic (exact) mass is 446 g/mol. The second kappa shape index (κ2) is 10.3. The van der Waals surface area contributed by atoms with Crippen LogP contribution in [-0.2, 0) is 16.0 Å². The number of anilines is 1. The number of benzene rings is 1. The summed E-state index contributed by atoms with van der Waals surface area (Å²) in [7, 11) is 1.60. The first-order valence-corrected chi connectivity index (χ1v) is 11.1. The summed E-state index contributed by atoms with van der Waals surface area (Å²) < 4.78 is 12.1. The van der Waals surface area contributed by atoms with Crippen molar-refractivity contribution >= 4 is 40.0 Å². The van der Waals surface area contributed by atoms with Crippen LogP contribution >= 0.6 is 23.1 Å². The number of amides is 1. The minimum absolute atomic E-state index is 0.115. The number of carbonyl (C=O) groups is 2. The largest absolute Gasteiger partial charge is 0.497 e. The lowest BCUT2D eigenvalue weighted by Gasteiger charge is -2.08. The fourth-order valence-corrected chi connectivity index (χ4v) is 4.35. The Bertz CT molecular complexity index is 1030.